The third-order valence-electron chi connectivity index (χ3n) is 4.58. The minimum Gasteiger partial charge on any atom is -0.345 e. The fourth-order valence-corrected chi connectivity index (χ4v) is 2.73. The summed E-state index contributed by atoms with van der Waals surface area (Å²) in [6.45, 7) is 7.19. The van der Waals surface area contributed by atoms with Crippen molar-refractivity contribution in [3.8, 4) is 0 Å². The normalized spacial score (nSPS) is 15.0. The van der Waals surface area contributed by atoms with Gasteiger partial charge in [0.15, 0.2) is 0 Å². The molecule has 1 heterocycles. The summed E-state index contributed by atoms with van der Waals surface area (Å²) in [6, 6.07) is 7.52. The van der Waals surface area contributed by atoms with Gasteiger partial charge in [0, 0.05) is 38.7 Å². The average Bonchev–Trinajstić information content (AvgIpc) is 2.50. The van der Waals surface area contributed by atoms with E-state index in [-0.39, 0.29) is 30.1 Å². The monoisotopic (exact) mass is 353 g/mol. The zero-order chi connectivity index (χ0) is 17.0. The smallest absolute Gasteiger partial charge is 0.253 e. The van der Waals surface area contributed by atoms with Gasteiger partial charge in [-0.2, -0.15) is 0 Å². The van der Waals surface area contributed by atoms with Gasteiger partial charge in [-0.3, -0.25) is 9.59 Å². The summed E-state index contributed by atoms with van der Waals surface area (Å²) >= 11 is 0. The topological polar surface area (TPSA) is 52.7 Å². The van der Waals surface area contributed by atoms with Gasteiger partial charge in [0.1, 0.15) is 0 Å². The van der Waals surface area contributed by atoms with Crippen LogP contribution in [0.4, 0.5) is 0 Å². The van der Waals surface area contributed by atoms with E-state index < -0.39 is 0 Å². The molecule has 1 N–H and O–H groups in total. The molecule has 1 fully saturated rings. The van der Waals surface area contributed by atoms with E-state index in [1.165, 1.54) is 0 Å². The van der Waals surface area contributed by atoms with Gasteiger partial charge in [0.25, 0.3) is 5.91 Å². The predicted molar refractivity (Wildman–Crippen MR) is 98.3 cm³/mol. The standard InChI is InChI=1S/C18H27N3O2.ClH/c1-5-21(17(22)13(2)16-10-19-11-16)12-14-6-8-15(9-7-14)18(23)20(3)4;/h6-9,13,16,19H,5,10-12H2,1-4H3;1H. The molecule has 1 aliphatic heterocycles. The van der Waals surface area contributed by atoms with Crippen LogP contribution in [0.2, 0.25) is 0 Å². The van der Waals surface area contributed by atoms with Crippen LogP contribution >= 0.6 is 12.4 Å². The van der Waals surface area contributed by atoms with E-state index in [2.05, 4.69) is 5.32 Å². The maximum atomic E-state index is 12.6. The van der Waals surface area contributed by atoms with E-state index in [9.17, 15) is 9.59 Å². The van der Waals surface area contributed by atoms with Crippen LogP contribution in [0.25, 0.3) is 0 Å². The molecule has 1 unspecified atom stereocenters. The fraction of sp³-hybridized carbons (Fsp3) is 0.556. The molecular formula is C18H28ClN3O2. The molecule has 134 valence electrons. The van der Waals surface area contributed by atoms with Gasteiger partial charge < -0.3 is 15.1 Å². The molecule has 2 amide bonds. The maximum absolute atomic E-state index is 12.6. The molecular weight excluding hydrogens is 326 g/mol. The molecule has 1 aromatic carbocycles. The molecule has 24 heavy (non-hydrogen) atoms. The highest BCUT2D eigenvalue weighted by molar-refractivity contribution is 5.93. The minimum absolute atomic E-state index is 0. The van der Waals surface area contributed by atoms with Crippen LogP contribution in [-0.4, -0.2) is 55.3 Å². The lowest BCUT2D eigenvalue weighted by molar-refractivity contribution is -0.137. The molecule has 6 heteroatoms. The molecule has 1 aliphatic rings. The molecule has 0 radical (unpaired) electrons. The van der Waals surface area contributed by atoms with Gasteiger partial charge in [0.2, 0.25) is 5.91 Å². The van der Waals surface area contributed by atoms with Crippen LogP contribution in [0.3, 0.4) is 0 Å². The Kier molecular flexibility index (Phi) is 7.70. The number of nitrogens with one attached hydrogen (secondary N) is 1. The van der Waals surface area contributed by atoms with Crippen molar-refractivity contribution in [3.05, 3.63) is 35.4 Å². The molecule has 2 rings (SSSR count). The summed E-state index contributed by atoms with van der Waals surface area (Å²) in [5.74, 6) is 0.723. The van der Waals surface area contributed by atoms with Crippen LogP contribution in [0, 0.1) is 11.8 Å². The van der Waals surface area contributed by atoms with Crippen molar-refractivity contribution >= 4 is 24.2 Å². The lowest BCUT2D eigenvalue weighted by atomic mass is 9.88. The Labute approximate surface area is 150 Å². The largest absolute Gasteiger partial charge is 0.345 e. The second kappa shape index (κ2) is 9.04. The molecule has 0 saturated carbocycles. The maximum Gasteiger partial charge on any atom is 0.253 e. The Balaban J connectivity index is 0.00000288. The molecule has 0 spiro atoms. The van der Waals surface area contributed by atoms with Crippen molar-refractivity contribution < 1.29 is 9.59 Å². The van der Waals surface area contributed by atoms with Crippen molar-refractivity contribution in [3.63, 3.8) is 0 Å². The minimum atomic E-state index is -0.00826. The second-order valence-electron chi connectivity index (χ2n) is 6.46. The van der Waals surface area contributed by atoms with Gasteiger partial charge >= 0.3 is 0 Å². The van der Waals surface area contributed by atoms with Gasteiger partial charge in [-0.15, -0.1) is 12.4 Å². The number of amides is 2. The van der Waals surface area contributed by atoms with E-state index in [4.69, 9.17) is 0 Å². The van der Waals surface area contributed by atoms with Crippen LogP contribution in [-0.2, 0) is 11.3 Å². The molecule has 1 atom stereocenters. The number of carbonyl (C=O) groups excluding carboxylic acids is 2. The SMILES string of the molecule is CCN(Cc1ccc(C(=O)N(C)C)cc1)C(=O)C(C)C1CNC1.Cl. The van der Waals surface area contributed by atoms with Crippen LogP contribution < -0.4 is 5.32 Å². The highest BCUT2D eigenvalue weighted by Gasteiger charge is 2.31. The van der Waals surface area contributed by atoms with Crippen molar-refractivity contribution in [2.24, 2.45) is 11.8 Å². The highest BCUT2D eigenvalue weighted by atomic mass is 35.5. The molecule has 0 aliphatic carbocycles. The summed E-state index contributed by atoms with van der Waals surface area (Å²) in [5.41, 5.74) is 1.72. The summed E-state index contributed by atoms with van der Waals surface area (Å²) in [7, 11) is 3.48. The number of benzene rings is 1. The van der Waals surface area contributed by atoms with E-state index in [1.54, 1.807) is 19.0 Å². The zero-order valence-electron chi connectivity index (χ0n) is 14.9. The third-order valence-corrected chi connectivity index (χ3v) is 4.58. The summed E-state index contributed by atoms with van der Waals surface area (Å²) in [5, 5.41) is 3.22. The molecule has 0 aromatic heterocycles. The zero-order valence-corrected chi connectivity index (χ0v) is 15.7. The average molecular weight is 354 g/mol. The molecule has 5 nitrogen and oxygen atoms in total. The second-order valence-corrected chi connectivity index (χ2v) is 6.46. The van der Waals surface area contributed by atoms with E-state index in [0.717, 1.165) is 18.7 Å². The summed E-state index contributed by atoms with van der Waals surface area (Å²) in [4.78, 5) is 28.0. The Bertz CT molecular complexity index is 556. The highest BCUT2D eigenvalue weighted by Crippen LogP contribution is 2.20. The first-order valence-corrected chi connectivity index (χ1v) is 8.24. The van der Waals surface area contributed by atoms with Crippen molar-refractivity contribution in [2.45, 2.75) is 20.4 Å². The first-order chi connectivity index (χ1) is 10.9. The molecule has 1 aromatic rings. The van der Waals surface area contributed by atoms with E-state index >= 15 is 0 Å². The van der Waals surface area contributed by atoms with Crippen LogP contribution in [0.5, 0.6) is 0 Å². The quantitative estimate of drug-likeness (QED) is 0.851. The van der Waals surface area contributed by atoms with E-state index in [1.807, 2.05) is 43.0 Å². The number of hydrogen-bond donors (Lipinski definition) is 1. The number of carbonyl (C=O) groups is 2. The van der Waals surface area contributed by atoms with Gasteiger partial charge in [-0.05, 0) is 43.6 Å². The van der Waals surface area contributed by atoms with Crippen molar-refractivity contribution in [1.29, 1.82) is 0 Å². The Morgan fingerprint density at radius 2 is 1.79 bits per heavy atom. The lowest BCUT2D eigenvalue weighted by Crippen LogP contribution is -2.50. The predicted octanol–water partition coefficient (Wildman–Crippen LogP) is 2.01. The van der Waals surface area contributed by atoms with Crippen molar-refractivity contribution in [1.82, 2.24) is 15.1 Å². The number of halogens is 1. The van der Waals surface area contributed by atoms with Crippen LogP contribution in [0.15, 0.2) is 24.3 Å². The van der Waals surface area contributed by atoms with E-state index in [0.29, 0.717) is 24.6 Å². The summed E-state index contributed by atoms with van der Waals surface area (Å²) in [6.07, 6.45) is 0. The Hall–Kier alpha value is -1.59. The third kappa shape index (κ3) is 4.71. The van der Waals surface area contributed by atoms with Gasteiger partial charge in [0.05, 0.1) is 0 Å². The first kappa shape index (κ1) is 20.5. The first-order valence-electron chi connectivity index (χ1n) is 8.24. The van der Waals surface area contributed by atoms with Crippen molar-refractivity contribution in [2.75, 3.05) is 33.7 Å². The number of rotatable bonds is 6. The Morgan fingerprint density at radius 3 is 2.21 bits per heavy atom. The van der Waals surface area contributed by atoms with Gasteiger partial charge in [-0.1, -0.05) is 19.1 Å². The van der Waals surface area contributed by atoms with Gasteiger partial charge in [-0.25, -0.2) is 0 Å². The molecule has 0 bridgehead atoms. The number of hydrogen-bond acceptors (Lipinski definition) is 3. The summed E-state index contributed by atoms with van der Waals surface area (Å²) < 4.78 is 0. The van der Waals surface area contributed by atoms with Crippen LogP contribution in [0.1, 0.15) is 29.8 Å². The fourth-order valence-electron chi connectivity index (χ4n) is 2.73. The number of nitrogens with zero attached hydrogens (tertiary/aromatic N) is 2. The lowest BCUT2D eigenvalue weighted by Gasteiger charge is -2.34. The Morgan fingerprint density at radius 1 is 1.21 bits per heavy atom. The molecule has 1 saturated heterocycles.